The molecule has 0 atom stereocenters. The molecule has 0 aliphatic carbocycles. The van der Waals surface area contributed by atoms with Gasteiger partial charge in [-0.25, -0.2) is 0 Å². The summed E-state index contributed by atoms with van der Waals surface area (Å²) in [5.74, 6) is -0.899. The summed E-state index contributed by atoms with van der Waals surface area (Å²) >= 11 is 0. The topological polar surface area (TPSA) is 40.1 Å². The normalized spacial score (nSPS) is 10.9. The summed E-state index contributed by atoms with van der Waals surface area (Å²) in [7, 11) is 0. The number of unbranched alkanes of at least 4 members (excludes halogenated alkanes) is 26. The zero-order valence-electron chi connectivity index (χ0n) is 23.1. The molecule has 0 amide bonds. The Morgan fingerprint density at radius 1 is 0.394 bits per heavy atom. The molecular weight excluding hydrogens is 399 g/mol. The molecule has 0 unspecified atom stereocenters. The van der Waals surface area contributed by atoms with Crippen LogP contribution < -0.4 is 24.0 Å². The van der Waals surface area contributed by atoms with Crippen molar-refractivity contribution in [1.29, 1.82) is 0 Å². The second kappa shape index (κ2) is 32.1. The van der Waals surface area contributed by atoms with E-state index in [1.807, 2.05) is 0 Å². The molecule has 0 saturated heterocycles. The van der Waals surface area contributed by atoms with Gasteiger partial charge in [-0.15, -0.1) is 0 Å². The van der Waals surface area contributed by atoms with E-state index < -0.39 is 5.97 Å². The van der Waals surface area contributed by atoms with Crippen molar-refractivity contribution in [2.24, 2.45) is 0 Å². The second-order valence-corrected chi connectivity index (χ2v) is 10.3. The summed E-state index contributed by atoms with van der Waals surface area (Å²) in [6.07, 6.45) is 37.6. The molecule has 0 heterocycles. The number of hydrogen-bond acceptors (Lipinski definition) is 2. The van der Waals surface area contributed by atoms with Crippen molar-refractivity contribution in [2.75, 3.05) is 0 Å². The molecule has 0 saturated carbocycles. The molecule has 0 aliphatic rings. The van der Waals surface area contributed by atoms with E-state index in [9.17, 15) is 9.90 Å². The van der Waals surface area contributed by atoms with Crippen molar-refractivity contribution >= 4 is 5.97 Å². The Kier molecular flexibility index (Phi) is 34.2. The fourth-order valence-corrected chi connectivity index (χ4v) is 4.76. The summed E-state index contributed by atoms with van der Waals surface area (Å²) in [5, 5.41) is 10.3. The van der Waals surface area contributed by atoms with E-state index in [4.69, 9.17) is 0 Å². The third-order valence-corrected chi connectivity index (χ3v) is 6.98. The minimum atomic E-state index is -0.899. The van der Waals surface area contributed by atoms with Gasteiger partial charge in [0.2, 0.25) is 0 Å². The fraction of sp³-hybridized carbons (Fsp3) is 0.967. The Morgan fingerprint density at radius 3 is 0.758 bits per heavy atom. The number of rotatable bonds is 28. The monoisotopic (exact) mass is 458 g/mol. The Labute approximate surface area is 221 Å². The molecule has 3 heteroatoms. The molecule has 0 rings (SSSR count). The summed E-state index contributed by atoms with van der Waals surface area (Å²) in [4.78, 5) is 10.3. The molecule has 0 radical (unpaired) electrons. The number of carbonyl (C=O) groups is 1. The van der Waals surface area contributed by atoms with Crippen LogP contribution in [0.5, 0.6) is 0 Å². The molecule has 0 aromatic rings. The molecule has 2 nitrogen and oxygen atoms in total. The van der Waals surface area contributed by atoms with Crippen LogP contribution in [0.2, 0.25) is 0 Å². The maximum Gasteiger partial charge on any atom is 1.00 e. The van der Waals surface area contributed by atoms with Crippen molar-refractivity contribution in [1.82, 2.24) is 0 Å². The van der Waals surface area contributed by atoms with Gasteiger partial charge in [0.1, 0.15) is 0 Å². The van der Waals surface area contributed by atoms with Gasteiger partial charge in [-0.2, -0.15) is 0 Å². The Balaban J connectivity index is 0. The quantitative estimate of drug-likeness (QED) is 0.0968. The van der Waals surface area contributed by atoms with Crippen LogP contribution in [-0.2, 0) is 4.79 Å². The van der Waals surface area contributed by atoms with E-state index in [1.54, 1.807) is 0 Å². The molecule has 0 aliphatic heterocycles. The van der Waals surface area contributed by atoms with Crippen LogP contribution in [0, 0.1) is 0 Å². The molecule has 0 aromatic carbocycles. The average molecular weight is 459 g/mol. The average Bonchev–Trinajstić information content (AvgIpc) is 2.78. The molecule has 192 valence electrons. The van der Waals surface area contributed by atoms with E-state index in [0.29, 0.717) is 0 Å². The summed E-state index contributed by atoms with van der Waals surface area (Å²) in [6, 6.07) is 0. The van der Waals surface area contributed by atoms with Crippen molar-refractivity contribution in [3.8, 4) is 0 Å². The van der Waals surface area contributed by atoms with Crippen LogP contribution in [0.25, 0.3) is 0 Å². The Hall–Kier alpha value is 0.0674. The van der Waals surface area contributed by atoms with Crippen LogP contribution in [0.3, 0.4) is 0 Å². The standard InChI is InChI=1S/C30H60O2.Li/c1-2-3-4-5-6-7-8-9-10-11-12-13-14-15-16-17-18-19-20-21-22-23-24-25-26-27-28-29-30(31)32;/h2-29H2,1H3,(H,31,32);/q;+1/p-1. The van der Waals surface area contributed by atoms with Gasteiger partial charge in [0.05, 0.1) is 0 Å². The Bertz CT molecular complexity index is 359. The van der Waals surface area contributed by atoms with Crippen molar-refractivity contribution in [3.63, 3.8) is 0 Å². The zero-order chi connectivity index (χ0) is 23.4. The number of aliphatic carboxylic acids is 1. The van der Waals surface area contributed by atoms with E-state index in [-0.39, 0.29) is 25.3 Å². The SMILES string of the molecule is CCCCCCCCCCCCCCCCCCCCCCCCCCCCCC(=O)[O-].[Li+]. The van der Waals surface area contributed by atoms with Crippen LogP contribution >= 0.6 is 0 Å². The van der Waals surface area contributed by atoms with E-state index in [1.165, 1.54) is 161 Å². The van der Waals surface area contributed by atoms with Gasteiger partial charge in [-0.3, -0.25) is 0 Å². The van der Waals surface area contributed by atoms with Gasteiger partial charge >= 0.3 is 18.9 Å². The van der Waals surface area contributed by atoms with Crippen molar-refractivity contribution < 1.29 is 28.8 Å². The molecule has 0 bridgehead atoms. The van der Waals surface area contributed by atoms with Crippen molar-refractivity contribution in [3.05, 3.63) is 0 Å². The minimum absolute atomic E-state index is 0. The molecule has 0 fully saturated rings. The minimum Gasteiger partial charge on any atom is -0.550 e. The summed E-state index contributed by atoms with van der Waals surface area (Å²) < 4.78 is 0. The molecular formula is C30H59LiO2. The predicted octanol–water partition coefficient (Wildman–Crippen LogP) is 6.68. The number of hydrogen-bond donors (Lipinski definition) is 0. The third-order valence-electron chi connectivity index (χ3n) is 6.98. The smallest absolute Gasteiger partial charge is 0.550 e. The summed E-state index contributed by atoms with van der Waals surface area (Å²) in [5.41, 5.74) is 0. The van der Waals surface area contributed by atoms with Gasteiger partial charge < -0.3 is 9.90 Å². The van der Waals surface area contributed by atoms with Crippen molar-refractivity contribution in [2.45, 2.75) is 187 Å². The van der Waals surface area contributed by atoms with E-state index in [0.717, 1.165) is 12.8 Å². The Morgan fingerprint density at radius 2 is 0.576 bits per heavy atom. The number of carboxylic acids is 1. The van der Waals surface area contributed by atoms with Crippen LogP contribution in [-0.4, -0.2) is 5.97 Å². The predicted molar refractivity (Wildman–Crippen MR) is 140 cm³/mol. The van der Waals surface area contributed by atoms with Gasteiger partial charge in [0.15, 0.2) is 0 Å². The third kappa shape index (κ3) is 34.3. The summed E-state index contributed by atoms with van der Waals surface area (Å²) in [6.45, 7) is 2.30. The fourth-order valence-electron chi connectivity index (χ4n) is 4.76. The van der Waals surface area contributed by atoms with Gasteiger partial charge in [-0.1, -0.05) is 174 Å². The van der Waals surface area contributed by atoms with E-state index >= 15 is 0 Å². The first-order chi connectivity index (χ1) is 15.8. The largest absolute Gasteiger partial charge is 1.00 e. The number of carboxylic acid groups (broad SMARTS) is 1. The van der Waals surface area contributed by atoms with Crippen LogP contribution in [0.15, 0.2) is 0 Å². The molecule has 0 spiro atoms. The second-order valence-electron chi connectivity index (χ2n) is 10.3. The molecule has 0 aromatic heterocycles. The first-order valence-electron chi connectivity index (χ1n) is 15.0. The maximum absolute atomic E-state index is 10.3. The molecule has 33 heavy (non-hydrogen) atoms. The number of carbonyl (C=O) groups excluding carboxylic acids is 1. The maximum atomic E-state index is 10.3. The first kappa shape index (κ1) is 35.2. The first-order valence-corrected chi connectivity index (χ1v) is 15.0. The van der Waals surface area contributed by atoms with Crippen LogP contribution in [0.1, 0.15) is 187 Å². The van der Waals surface area contributed by atoms with Gasteiger partial charge in [0, 0.05) is 5.97 Å². The zero-order valence-corrected chi connectivity index (χ0v) is 23.1. The molecule has 0 N–H and O–H groups in total. The van der Waals surface area contributed by atoms with E-state index in [2.05, 4.69) is 6.92 Å². The van der Waals surface area contributed by atoms with Crippen LogP contribution in [0.4, 0.5) is 0 Å². The van der Waals surface area contributed by atoms with Gasteiger partial charge in [0.25, 0.3) is 0 Å². The van der Waals surface area contributed by atoms with Gasteiger partial charge in [-0.05, 0) is 12.8 Å².